The lowest BCUT2D eigenvalue weighted by atomic mass is 9.37. The van der Waals surface area contributed by atoms with Crippen molar-refractivity contribution in [1.29, 1.82) is 0 Å². The zero-order chi connectivity index (χ0) is 13.2. The molecule has 0 aliphatic heterocycles. The average Bonchev–Trinajstić information content (AvgIpc) is 2.64. The molecule has 1 spiro atoms. The third kappa shape index (κ3) is 1.12. The molecule has 0 amide bonds. The Bertz CT molecular complexity index is 520. The van der Waals surface area contributed by atoms with Gasteiger partial charge in [0, 0.05) is 5.41 Å². The molecule has 2 radical (unpaired) electrons. The molecule has 2 aliphatic carbocycles. The van der Waals surface area contributed by atoms with Crippen molar-refractivity contribution in [2.24, 2.45) is 10.8 Å². The smallest absolute Gasteiger partial charge is 0.0728 e. The van der Waals surface area contributed by atoms with Crippen molar-refractivity contribution in [2.45, 2.75) is 46.1 Å². The summed E-state index contributed by atoms with van der Waals surface area (Å²) in [5.41, 5.74) is 4.10. The number of fused-ring (bicyclic) bond motifs is 2. The molecule has 0 nitrogen and oxygen atoms in total. The van der Waals surface area contributed by atoms with E-state index in [9.17, 15) is 0 Å². The highest BCUT2D eigenvalue weighted by atomic mass is 28.2. The minimum atomic E-state index is 0.282. The van der Waals surface area contributed by atoms with Crippen LogP contribution in [-0.2, 0) is 5.41 Å². The predicted octanol–water partition coefficient (Wildman–Crippen LogP) is 4.49. The summed E-state index contributed by atoms with van der Waals surface area (Å²) >= 11 is 0. The Labute approximate surface area is 113 Å². The van der Waals surface area contributed by atoms with E-state index in [0.717, 1.165) is 9.52 Å². The highest BCUT2D eigenvalue weighted by Gasteiger charge is 2.68. The number of rotatable bonds is 1. The van der Waals surface area contributed by atoms with Gasteiger partial charge in [-0.3, -0.25) is 0 Å². The van der Waals surface area contributed by atoms with Crippen LogP contribution in [0.1, 0.15) is 45.2 Å². The fraction of sp³-hybridized carbons (Fsp3) is 0.529. The maximum atomic E-state index is 2.47. The maximum Gasteiger partial charge on any atom is 0.0728 e. The quantitative estimate of drug-likeness (QED) is 0.648. The first-order valence-electron chi connectivity index (χ1n) is 6.86. The summed E-state index contributed by atoms with van der Waals surface area (Å²) in [4.78, 5) is 0. The van der Waals surface area contributed by atoms with E-state index in [4.69, 9.17) is 0 Å². The van der Waals surface area contributed by atoms with Crippen LogP contribution in [0.3, 0.4) is 0 Å². The zero-order valence-corrected chi connectivity index (χ0v) is 13.1. The molecule has 0 aromatic heterocycles. The van der Waals surface area contributed by atoms with Crippen LogP contribution >= 0.6 is 0 Å². The molecule has 2 aliphatic rings. The van der Waals surface area contributed by atoms with E-state index < -0.39 is 0 Å². The van der Waals surface area contributed by atoms with Gasteiger partial charge in [-0.1, -0.05) is 69.8 Å². The molecule has 1 fully saturated rings. The number of allylic oxidation sites excluding steroid dienone is 1. The van der Waals surface area contributed by atoms with Crippen molar-refractivity contribution < 1.29 is 0 Å². The number of hydrogen-bond acceptors (Lipinski definition) is 0. The highest BCUT2D eigenvalue weighted by Crippen LogP contribution is 2.73. The second kappa shape index (κ2) is 3.39. The van der Waals surface area contributed by atoms with Gasteiger partial charge in [0.25, 0.3) is 0 Å². The Morgan fingerprint density at radius 3 is 2.17 bits per heavy atom. The molecule has 1 aromatic carbocycles. The standard InChI is InChI=1S/C17H22Si/c1-15(2)11-16(3,4)17(15)13-9-7-6-8-12(13)10-14(17)18-5/h6-10H,11H2,1-5H3. The van der Waals surface area contributed by atoms with Crippen LogP contribution in [-0.4, -0.2) is 9.52 Å². The first-order chi connectivity index (χ1) is 8.37. The van der Waals surface area contributed by atoms with E-state index in [2.05, 4.69) is 64.6 Å². The van der Waals surface area contributed by atoms with Gasteiger partial charge < -0.3 is 0 Å². The van der Waals surface area contributed by atoms with Gasteiger partial charge in [-0.2, -0.15) is 0 Å². The topological polar surface area (TPSA) is 0 Å². The summed E-state index contributed by atoms with van der Waals surface area (Å²) in [5, 5.41) is 1.67. The second-order valence-corrected chi connectivity index (χ2v) is 8.13. The lowest BCUT2D eigenvalue weighted by molar-refractivity contribution is -0.0846. The summed E-state index contributed by atoms with van der Waals surface area (Å²) in [5.74, 6) is 0. The van der Waals surface area contributed by atoms with Crippen LogP contribution in [0.4, 0.5) is 0 Å². The average molecular weight is 254 g/mol. The summed E-state index contributed by atoms with van der Waals surface area (Å²) in [7, 11) is 0.912. The molecule has 94 valence electrons. The maximum absolute atomic E-state index is 2.47. The molecule has 0 atom stereocenters. The molecule has 0 saturated heterocycles. The summed E-state index contributed by atoms with van der Waals surface area (Å²) in [6.45, 7) is 12.1. The molecule has 0 N–H and O–H groups in total. The number of benzene rings is 1. The van der Waals surface area contributed by atoms with Gasteiger partial charge in [0.1, 0.15) is 0 Å². The molecule has 1 saturated carbocycles. The predicted molar refractivity (Wildman–Crippen MR) is 79.9 cm³/mol. The van der Waals surface area contributed by atoms with Gasteiger partial charge >= 0.3 is 0 Å². The van der Waals surface area contributed by atoms with Gasteiger partial charge in [0.2, 0.25) is 0 Å². The lowest BCUT2D eigenvalue weighted by Crippen LogP contribution is -2.64. The van der Waals surface area contributed by atoms with E-state index >= 15 is 0 Å². The first-order valence-corrected chi connectivity index (χ1v) is 8.36. The first kappa shape index (κ1) is 12.2. The zero-order valence-electron chi connectivity index (χ0n) is 12.1. The normalized spacial score (nSPS) is 25.5. The SMILES string of the molecule is C[Si]C1=Cc2ccccc2C12C(C)(C)CC2(C)C. The van der Waals surface area contributed by atoms with Crippen LogP contribution in [0.5, 0.6) is 0 Å². The largest absolute Gasteiger partial charge is 0.0736 e. The van der Waals surface area contributed by atoms with E-state index in [1.54, 1.807) is 10.8 Å². The van der Waals surface area contributed by atoms with Gasteiger partial charge in [0.15, 0.2) is 0 Å². The monoisotopic (exact) mass is 254 g/mol. The van der Waals surface area contributed by atoms with Crippen LogP contribution in [0.25, 0.3) is 6.08 Å². The molecule has 1 heteroatoms. The van der Waals surface area contributed by atoms with Crippen LogP contribution < -0.4 is 0 Å². The van der Waals surface area contributed by atoms with Crippen molar-refractivity contribution >= 4 is 15.6 Å². The van der Waals surface area contributed by atoms with Crippen LogP contribution in [0.2, 0.25) is 6.55 Å². The third-order valence-electron chi connectivity index (χ3n) is 5.25. The molecule has 3 rings (SSSR count). The number of hydrogen-bond donors (Lipinski definition) is 0. The van der Waals surface area contributed by atoms with Crippen LogP contribution in [0.15, 0.2) is 29.5 Å². The molecule has 0 bridgehead atoms. The lowest BCUT2D eigenvalue weighted by Gasteiger charge is -2.68. The van der Waals surface area contributed by atoms with Gasteiger partial charge in [-0.15, -0.1) is 0 Å². The third-order valence-corrected chi connectivity index (χ3v) is 6.31. The second-order valence-electron chi connectivity index (χ2n) is 7.09. The van der Waals surface area contributed by atoms with E-state index in [-0.39, 0.29) is 5.41 Å². The molecule has 1 aromatic rings. The van der Waals surface area contributed by atoms with Crippen molar-refractivity contribution in [2.75, 3.05) is 0 Å². The van der Waals surface area contributed by atoms with Crippen molar-refractivity contribution in [3.8, 4) is 0 Å². The van der Waals surface area contributed by atoms with Crippen molar-refractivity contribution in [1.82, 2.24) is 0 Å². The fourth-order valence-corrected chi connectivity index (χ4v) is 6.76. The van der Waals surface area contributed by atoms with Crippen molar-refractivity contribution in [3.05, 3.63) is 40.6 Å². The van der Waals surface area contributed by atoms with E-state index in [1.807, 2.05) is 0 Å². The Morgan fingerprint density at radius 1 is 1.00 bits per heavy atom. The van der Waals surface area contributed by atoms with Gasteiger partial charge in [-0.25, -0.2) is 0 Å². The highest BCUT2D eigenvalue weighted by molar-refractivity contribution is 6.46. The van der Waals surface area contributed by atoms with Gasteiger partial charge in [0.05, 0.1) is 9.52 Å². The molecule has 0 unspecified atom stereocenters. The molecule has 18 heavy (non-hydrogen) atoms. The minimum absolute atomic E-state index is 0.282. The molecule has 0 heterocycles. The fourth-order valence-electron chi connectivity index (χ4n) is 5.27. The van der Waals surface area contributed by atoms with Crippen molar-refractivity contribution in [3.63, 3.8) is 0 Å². The summed E-state index contributed by atoms with van der Waals surface area (Å²) in [6.07, 6.45) is 3.78. The minimum Gasteiger partial charge on any atom is -0.0736 e. The van der Waals surface area contributed by atoms with E-state index in [0.29, 0.717) is 10.8 Å². The van der Waals surface area contributed by atoms with Gasteiger partial charge in [-0.05, 0) is 28.4 Å². The molecular weight excluding hydrogens is 232 g/mol. The van der Waals surface area contributed by atoms with Crippen LogP contribution in [0, 0.1) is 10.8 Å². The Kier molecular flexibility index (Phi) is 2.30. The Hall–Kier alpha value is -0.823. The molecular formula is C17H22Si. The summed E-state index contributed by atoms with van der Waals surface area (Å²) < 4.78 is 0. The summed E-state index contributed by atoms with van der Waals surface area (Å²) in [6, 6.07) is 9.03. The Balaban J connectivity index is 2.30. The van der Waals surface area contributed by atoms with E-state index in [1.165, 1.54) is 12.0 Å². The Morgan fingerprint density at radius 2 is 1.61 bits per heavy atom.